The van der Waals surface area contributed by atoms with Gasteiger partial charge in [-0.15, -0.1) is 0 Å². The van der Waals surface area contributed by atoms with Gasteiger partial charge < -0.3 is 15.3 Å². The molecule has 0 aliphatic carbocycles. The molecule has 0 saturated carbocycles. The van der Waals surface area contributed by atoms with E-state index in [9.17, 15) is 15.3 Å². The number of hydrogen-bond donors (Lipinski definition) is 3. The van der Waals surface area contributed by atoms with Crippen LogP contribution in [0.4, 0.5) is 0 Å². The molecule has 3 N–H and O–H groups in total. The van der Waals surface area contributed by atoms with E-state index in [1.807, 2.05) is 0 Å². The number of rotatable bonds is 23. The van der Waals surface area contributed by atoms with Crippen LogP contribution in [0.2, 0.25) is 0 Å². The van der Waals surface area contributed by atoms with E-state index in [0.29, 0.717) is 0 Å². The molecule has 0 radical (unpaired) electrons. The molecule has 3 nitrogen and oxygen atoms in total. The number of unbranched alkanes of at least 4 members (excludes halogenated alkanes) is 12. The summed E-state index contributed by atoms with van der Waals surface area (Å²) in [6, 6.07) is 0. The highest BCUT2D eigenvalue weighted by atomic mass is 16.3. The van der Waals surface area contributed by atoms with Gasteiger partial charge in [0.05, 0.1) is 19.8 Å². The topological polar surface area (TPSA) is 60.7 Å². The highest BCUT2D eigenvalue weighted by Crippen LogP contribution is 2.46. The van der Waals surface area contributed by atoms with Crippen LogP contribution in [0.25, 0.3) is 0 Å². The Morgan fingerprint density at radius 2 is 0.700 bits per heavy atom. The van der Waals surface area contributed by atoms with Gasteiger partial charge in [-0.3, -0.25) is 0 Å². The van der Waals surface area contributed by atoms with Crippen molar-refractivity contribution in [3.63, 3.8) is 0 Å². The lowest BCUT2D eigenvalue weighted by Crippen LogP contribution is -2.40. The minimum Gasteiger partial charge on any atom is -0.396 e. The van der Waals surface area contributed by atoms with Crippen molar-refractivity contribution in [2.45, 2.75) is 143 Å². The average molecular weight is 429 g/mol. The monoisotopic (exact) mass is 428 g/mol. The SMILES string of the molecule is CCCCCCCC(CCCCCCC)(CCCCCCC)CC(CO)(CO)CO. The molecular weight excluding hydrogens is 372 g/mol. The first-order chi connectivity index (χ1) is 14.6. The van der Waals surface area contributed by atoms with Gasteiger partial charge >= 0.3 is 0 Å². The van der Waals surface area contributed by atoms with Crippen LogP contribution in [0.5, 0.6) is 0 Å². The van der Waals surface area contributed by atoms with Gasteiger partial charge in [0.1, 0.15) is 0 Å². The summed E-state index contributed by atoms with van der Waals surface area (Å²) < 4.78 is 0. The molecule has 0 heterocycles. The van der Waals surface area contributed by atoms with E-state index >= 15 is 0 Å². The second-order valence-corrected chi connectivity index (χ2v) is 10.1. The van der Waals surface area contributed by atoms with Crippen molar-refractivity contribution in [3.05, 3.63) is 0 Å². The van der Waals surface area contributed by atoms with Gasteiger partial charge in [-0.1, -0.05) is 117 Å². The molecule has 0 atom stereocenters. The first kappa shape index (κ1) is 29.9. The largest absolute Gasteiger partial charge is 0.396 e. The van der Waals surface area contributed by atoms with E-state index in [4.69, 9.17) is 0 Å². The number of hydrogen-bond acceptors (Lipinski definition) is 3. The van der Waals surface area contributed by atoms with Crippen LogP contribution < -0.4 is 0 Å². The Morgan fingerprint density at radius 1 is 0.400 bits per heavy atom. The fourth-order valence-corrected chi connectivity index (χ4v) is 5.06. The van der Waals surface area contributed by atoms with Gasteiger partial charge in [0.2, 0.25) is 0 Å². The smallest absolute Gasteiger partial charge is 0.0531 e. The van der Waals surface area contributed by atoms with Gasteiger partial charge in [-0.2, -0.15) is 0 Å². The van der Waals surface area contributed by atoms with Crippen LogP contribution in [0.1, 0.15) is 143 Å². The molecular formula is C27H56O3. The maximum atomic E-state index is 10.0. The van der Waals surface area contributed by atoms with Crippen molar-refractivity contribution in [1.82, 2.24) is 0 Å². The molecule has 0 saturated heterocycles. The zero-order valence-electron chi connectivity index (χ0n) is 20.9. The summed E-state index contributed by atoms with van der Waals surface area (Å²) in [5.41, 5.74) is -0.588. The zero-order valence-corrected chi connectivity index (χ0v) is 20.9. The Hall–Kier alpha value is -0.120. The molecule has 182 valence electrons. The molecule has 0 spiro atoms. The van der Waals surface area contributed by atoms with Crippen LogP contribution in [0.15, 0.2) is 0 Å². The van der Waals surface area contributed by atoms with Crippen molar-refractivity contribution in [1.29, 1.82) is 0 Å². The lowest BCUT2D eigenvalue weighted by Gasteiger charge is -2.42. The number of aliphatic hydroxyl groups excluding tert-OH is 3. The lowest BCUT2D eigenvalue weighted by atomic mass is 9.64. The Labute approximate surface area is 189 Å². The van der Waals surface area contributed by atoms with Gasteiger partial charge in [0, 0.05) is 5.41 Å². The van der Waals surface area contributed by atoms with Crippen molar-refractivity contribution < 1.29 is 15.3 Å². The average Bonchev–Trinajstić information content (AvgIpc) is 2.77. The summed E-state index contributed by atoms with van der Waals surface area (Å²) in [4.78, 5) is 0. The van der Waals surface area contributed by atoms with Gasteiger partial charge in [-0.25, -0.2) is 0 Å². The predicted octanol–water partition coefficient (Wildman–Crippen LogP) is 7.41. The van der Waals surface area contributed by atoms with Crippen molar-refractivity contribution in [3.8, 4) is 0 Å². The summed E-state index contributed by atoms with van der Waals surface area (Å²) in [6.45, 7) is 6.41. The molecule has 0 unspecified atom stereocenters. The van der Waals surface area contributed by atoms with Crippen LogP contribution in [0, 0.1) is 10.8 Å². The summed E-state index contributed by atoms with van der Waals surface area (Å²) in [5.74, 6) is 0. The summed E-state index contributed by atoms with van der Waals surface area (Å²) in [6.07, 6.45) is 23.5. The van der Waals surface area contributed by atoms with Crippen LogP contribution in [-0.4, -0.2) is 35.1 Å². The summed E-state index contributed by atoms with van der Waals surface area (Å²) >= 11 is 0. The summed E-state index contributed by atoms with van der Waals surface area (Å²) in [5, 5.41) is 30.1. The fraction of sp³-hybridized carbons (Fsp3) is 1.00. The first-order valence-electron chi connectivity index (χ1n) is 13.4. The molecule has 0 bridgehead atoms. The standard InChI is InChI=1S/C27H56O3/c1-4-7-10-13-16-19-26(20-17-14-11-8-5-2,21-18-15-12-9-6-3)22-27(23-28,24-29)25-30/h28-30H,4-25H2,1-3H3. The van der Waals surface area contributed by atoms with E-state index in [2.05, 4.69) is 20.8 Å². The Bertz CT molecular complexity index is 308. The summed E-state index contributed by atoms with van der Waals surface area (Å²) in [7, 11) is 0. The molecule has 0 aromatic carbocycles. The highest BCUT2D eigenvalue weighted by Gasteiger charge is 2.39. The van der Waals surface area contributed by atoms with Crippen LogP contribution in [0.3, 0.4) is 0 Å². The third kappa shape index (κ3) is 13.3. The molecule has 30 heavy (non-hydrogen) atoms. The molecule has 3 heteroatoms. The van der Waals surface area contributed by atoms with Gasteiger partial charge in [0.25, 0.3) is 0 Å². The third-order valence-electron chi connectivity index (χ3n) is 7.19. The predicted molar refractivity (Wildman–Crippen MR) is 131 cm³/mol. The Kier molecular flexibility index (Phi) is 19.5. The Balaban J connectivity index is 5.22. The molecule has 0 aliphatic heterocycles. The second kappa shape index (κ2) is 19.6. The maximum Gasteiger partial charge on any atom is 0.0531 e. The molecule has 0 amide bonds. The van der Waals surface area contributed by atoms with Gasteiger partial charge in [0.15, 0.2) is 0 Å². The zero-order chi connectivity index (χ0) is 22.6. The van der Waals surface area contributed by atoms with Gasteiger partial charge in [-0.05, 0) is 31.1 Å². The molecule has 0 aromatic heterocycles. The normalized spacial score (nSPS) is 12.6. The van der Waals surface area contributed by atoms with E-state index in [-0.39, 0.29) is 25.2 Å². The van der Waals surface area contributed by atoms with E-state index < -0.39 is 5.41 Å². The molecule has 0 rings (SSSR count). The van der Waals surface area contributed by atoms with Crippen molar-refractivity contribution >= 4 is 0 Å². The van der Waals surface area contributed by atoms with Crippen molar-refractivity contribution in [2.75, 3.05) is 19.8 Å². The van der Waals surface area contributed by atoms with E-state index in [0.717, 1.165) is 6.42 Å². The second-order valence-electron chi connectivity index (χ2n) is 10.1. The number of aliphatic hydroxyl groups is 3. The maximum absolute atomic E-state index is 10.0. The third-order valence-corrected chi connectivity index (χ3v) is 7.19. The molecule has 0 aliphatic rings. The minimum absolute atomic E-state index is 0.122. The molecule has 0 fully saturated rings. The van der Waals surface area contributed by atoms with Crippen LogP contribution in [-0.2, 0) is 0 Å². The quantitative estimate of drug-likeness (QED) is 0.148. The first-order valence-corrected chi connectivity index (χ1v) is 13.4. The lowest BCUT2D eigenvalue weighted by molar-refractivity contribution is -0.0396. The Morgan fingerprint density at radius 3 is 0.967 bits per heavy atom. The fourth-order valence-electron chi connectivity index (χ4n) is 5.06. The highest BCUT2D eigenvalue weighted by molar-refractivity contribution is 4.90. The molecule has 0 aromatic rings. The van der Waals surface area contributed by atoms with E-state index in [1.165, 1.54) is 116 Å². The van der Waals surface area contributed by atoms with Crippen molar-refractivity contribution in [2.24, 2.45) is 10.8 Å². The van der Waals surface area contributed by atoms with E-state index in [1.54, 1.807) is 0 Å². The van der Waals surface area contributed by atoms with Crippen LogP contribution >= 0.6 is 0 Å². The minimum atomic E-state index is -0.740.